The number of nitrogens with one attached hydrogen (secondary N) is 1. The molecule has 0 aromatic rings. The number of allylic oxidation sites excluding steroid dienone is 1. The fourth-order valence-electron chi connectivity index (χ4n) is 12.2. The number of aliphatic hydroxyl groups is 8. The van der Waals surface area contributed by atoms with Crippen molar-refractivity contribution >= 4 is 5.91 Å². The molecule has 14 nitrogen and oxygen atoms in total. The molecule has 14 heteroatoms. The first kappa shape index (κ1) is 78.8. The third kappa shape index (κ3) is 39.7. The molecular weight excluding hydrogens is 1060 g/mol. The van der Waals surface area contributed by atoms with E-state index in [0.29, 0.717) is 6.42 Å². The number of hydrogen-bond donors (Lipinski definition) is 9. The van der Waals surface area contributed by atoms with E-state index in [9.17, 15) is 45.6 Å². The maximum Gasteiger partial charge on any atom is 0.220 e. The van der Waals surface area contributed by atoms with Crippen LogP contribution in [0.15, 0.2) is 12.2 Å². The number of unbranched alkanes of at least 4 members (excludes halogenated alkanes) is 47. The van der Waals surface area contributed by atoms with Crippen molar-refractivity contribution in [1.29, 1.82) is 0 Å². The van der Waals surface area contributed by atoms with Crippen LogP contribution in [0.4, 0.5) is 0 Å². The minimum Gasteiger partial charge on any atom is -0.394 e. The standard InChI is InChI=1S/C70H135NO13/c1-3-5-7-9-11-13-15-17-19-21-23-25-27-28-29-30-32-33-35-37-39-41-43-45-47-49-51-53-59(74)58(57-81-69-67(80)65(78)68(61(56-73)83-69)84-70-66(79)64(77)63(76)60(55-72)82-70)71-62(75)54-52-50-48-46-44-42-40-38-36-34-31-26-24-22-20-18-16-14-12-10-8-6-4-2/h51,53,58-61,63-70,72-74,76-80H,3-50,52,54-57H2,1-2H3,(H,71,75)/b53-51+. The quantitative estimate of drug-likeness (QED) is 0.0204. The Bertz CT molecular complexity index is 1460. The lowest BCUT2D eigenvalue weighted by molar-refractivity contribution is -0.359. The summed E-state index contributed by atoms with van der Waals surface area (Å²) in [4.78, 5) is 13.3. The summed E-state index contributed by atoms with van der Waals surface area (Å²) in [5.74, 6) is -0.230. The predicted molar refractivity (Wildman–Crippen MR) is 342 cm³/mol. The van der Waals surface area contributed by atoms with Crippen molar-refractivity contribution < 1.29 is 64.6 Å². The van der Waals surface area contributed by atoms with Gasteiger partial charge in [-0.2, -0.15) is 0 Å². The van der Waals surface area contributed by atoms with Gasteiger partial charge >= 0.3 is 0 Å². The van der Waals surface area contributed by atoms with Gasteiger partial charge in [0.05, 0.1) is 32.0 Å². The van der Waals surface area contributed by atoms with Gasteiger partial charge in [-0.25, -0.2) is 0 Å². The van der Waals surface area contributed by atoms with Crippen LogP contribution in [-0.4, -0.2) is 140 Å². The molecule has 0 aromatic heterocycles. The van der Waals surface area contributed by atoms with Crippen LogP contribution in [0.3, 0.4) is 0 Å². The van der Waals surface area contributed by atoms with Gasteiger partial charge in [0, 0.05) is 6.42 Å². The highest BCUT2D eigenvalue weighted by atomic mass is 16.7. The summed E-state index contributed by atoms with van der Waals surface area (Å²) in [6.07, 6.45) is 51.3. The molecule has 2 aliphatic heterocycles. The third-order valence-corrected chi connectivity index (χ3v) is 18.0. The SMILES string of the molecule is CCCCCCCCCCCCCCCCCCCCCCCCCCC/C=C/C(O)C(COC1OC(CO)C(OC2OC(CO)C(O)C(O)C2O)C(O)C1O)NC(=O)CCCCCCCCCCCCCCCCCCCCCCCCC. The Kier molecular flexibility index (Phi) is 52.3. The molecule has 2 fully saturated rings. The molecular formula is C70H135NO13. The Labute approximate surface area is 514 Å². The number of carbonyl (C=O) groups excluding carboxylic acids is 1. The minimum atomic E-state index is -1.79. The van der Waals surface area contributed by atoms with Crippen LogP contribution < -0.4 is 5.32 Å². The molecule has 0 radical (unpaired) electrons. The zero-order valence-corrected chi connectivity index (χ0v) is 54.2. The summed E-state index contributed by atoms with van der Waals surface area (Å²) in [6, 6.07) is -0.911. The highest BCUT2D eigenvalue weighted by Crippen LogP contribution is 2.30. The summed E-state index contributed by atoms with van der Waals surface area (Å²) >= 11 is 0. The van der Waals surface area contributed by atoms with Crippen LogP contribution >= 0.6 is 0 Å². The molecule has 0 aliphatic carbocycles. The third-order valence-electron chi connectivity index (χ3n) is 18.0. The zero-order chi connectivity index (χ0) is 60.9. The summed E-state index contributed by atoms with van der Waals surface area (Å²) in [7, 11) is 0. The summed E-state index contributed by atoms with van der Waals surface area (Å²) in [5, 5.41) is 87.5. The van der Waals surface area contributed by atoms with E-state index in [1.54, 1.807) is 6.08 Å². The van der Waals surface area contributed by atoms with Gasteiger partial charge in [0.15, 0.2) is 12.6 Å². The van der Waals surface area contributed by atoms with Gasteiger partial charge in [-0.3, -0.25) is 4.79 Å². The Morgan fingerprint density at radius 1 is 0.417 bits per heavy atom. The Balaban J connectivity index is 1.67. The van der Waals surface area contributed by atoms with Crippen molar-refractivity contribution in [3.63, 3.8) is 0 Å². The number of carbonyl (C=O) groups is 1. The van der Waals surface area contributed by atoms with Gasteiger partial charge in [0.25, 0.3) is 0 Å². The molecule has 1 amide bonds. The molecule has 9 N–H and O–H groups in total. The molecule has 2 saturated heterocycles. The smallest absolute Gasteiger partial charge is 0.220 e. The van der Waals surface area contributed by atoms with Crippen LogP contribution in [0, 0.1) is 0 Å². The first-order valence-electron chi connectivity index (χ1n) is 35.9. The van der Waals surface area contributed by atoms with Gasteiger partial charge < -0.3 is 65.1 Å². The van der Waals surface area contributed by atoms with E-state index in [1.165, 1.54) is 270 Å². The van der Waals surface area contributed by atoms with Crippen molar-refractivity contribution in [2.75, 3.05) is 19.8 Å². The van der Waals surface area contributed by atoms with Crippen LogP contribution in [0.5, 0.6) is 0 Å². The second-order valence-corrected chi connectivity index (χ2v) is 25.7. The average molecular weight is 1200 g/mol. The maximum absolute atomic E-state index is 13.3. The van der Waals surface area contributed by atoms with Gasteiger partial charge in [-0.1, -0.05) is 321 Å². The second kappa shape index (κ2) is 55.8. The molecule has 0 spiro atoms. The zero-order valence-electron chi connectivity index (χ0n) is 54.2. The Hall–Kier alpha value is -1.27. The predicted octanol–water partition coefficient (Wildman–Crippen LogP) is 14.6. The highest BCUT2D eigenvalue weighted by molar-refractivity contribution is 5.76. The lowest BCUT2D eigenvalue weighted by Gasteiger charge is -2.46. The largest absolute Gasteiger partial charge is 0.394 e. The fraction of sp³-hybridized carbons (Fsp3) is 0.957. The van der Waals surface area contributed by atoms with E-state index in [-0.39, 0.29) is 18.9 Å². The van der Waals surface area contributed by atoms with E-state index in [4.69, 9.17) is 18.9 Å². The van der Waals surface area contributed by atoms with Crippen LogP contribution in [0.2, 0.25) is 0 Å². The van der Waals surface area contributed by atoms with Crippen molar-refractivity contribution in [3.8, 4) is 0 Å². The van der Waals surface area contributed by atoms with Crippen molar-refractivity contribution in [2.24, 2.45) is 0 Å². The molecule has 2 rings (SSSR count). The Morgan fingerprint density at radius 3 is 1.10 bits per heavy atom. The minimum absolute atomic E-state index is 0.230. The monoisotopic (exact) mass is 1200 g/mol. The lowest BCUT2D eigenvalue weighted by Crippen LogP contribution is -2.65. The van der Waals surface area contributed by atoms with E-state index in [1.807, 2.05) is 6.08 Å². The number of rotatable bonds is 60. The molecule has 12 atom stereocenters. The second-order valence-electron chi connectivity index (χ2n) is 25.7. The molecule has 0 saturated carbocycles. The van der Waals surface area contributed by atoms with Gasteiger partial charge in [0.1, 0.15) is 48.8 Å². The Morgan fingerprint density at radius 2 is 0.738 bits per heavy atom. The summed E-state index contributed by atoms with van der Waals surface area (Å²) < 4.78 is 22.9. The van der Waals surface area contributed by atoms with Crippen LogP contribution in [0.1, 0.15) is 335 Å². The molecule has 12 unspecified atom stereocenters. The molecule has 0 aromatic carbocycles. The van der Waals surface area contributed by atoms with E-state index >= 15 is 0 Å². The van der Waals surface area contributed by atoms with Gasteiger partial charge in [-0.05, 0) is 19.3 Å². The first-order chi connectivity index (χ1) is 41.1. The van der Waals surface area contributed by atoms with Gasteiger partial charge in [-0.15, -0.1) is 0 Å². The molecule has 2 aliphatic rings. The topological polar surface area (TPSA) is 228 Å². The molecule has 2 heterocycles. The molecule has 84 heavy (non-hydrogen) atoms. The van der Waals surface area contributed by atoms with Gasteiger partial charge in [0.2, 0.25) is 5.91 Å². The molecule has 498 valence electrons. The fourth-order valence-corrected chi connectivity index (χ4v) is 12.2. The normalized spacial score (nSPS) is 23.6. The number of hydrogen-bond acceptors (Lipinski definition) is 13. The summed E-state index contributed by atoms with van der Waals surface area (Å²) in [6.45, 7) is 2.87. The van der Waals surface area contributed by atoms with Crippen LogP contribution in [-0.2, 0) is 23.7 Å². The van der Waals surface area contributed by atoms with E-state index in [2.05, 4.69) is 19.2 Å². The lowest BCUT2D eigenvalue weighted by atomic mass is 9.97. The number of ether oxygens (including phenoxy) is 4. The summed E-state index contributed by atoms with van der Waals surface area (Å²) in [5.41, 5.74) is 0. The van der Waals surface area contributed by atoms with E-state index in [0.717, 1.165) is 38.5 Å². The number of aliphatic hydroxyl groups excluding tert-OH is 8. The van der Waals surface area contributed by atoms with Crippen LogP contribution in [0.25, 0.3) is 0 Å². The highest BCUT2D eigenvalue weighted by Gasteiger charge is 2.51. The van der Waals surface area contributed by atoms with Crippen molar-refractivity contribution in [3.05, 3.63) is 12.2 Å². The average Bonchev–Trinajstić information content (AvgIpc) is 3.64. The first-order valence-corrected chi connectivity index (χ1v) is 35.9. The number of amides is 1. The van der Waals surface area contributed by atoms with Crippen molar-refractivity contribution in [2.45, 2.75) is 408 Å². The van der Waals surface area contributed by atoms with Crippen molar-refractivity contribution in [1.82, 2.24) is 5.32 Å². The maximum atomic E-state index is 13.3. The van der Waals surface area contributed by atoms with E-state index < -0.39 is 86.8 Å². The molecule has 0 bridgehead atoms.